The Morgan fingerprint density at radius 3 is 2.33 bits per heavy atom. The van der Waals surface area contributed by atoms with Crippen LogP contribution in [0.3, 0.4) is 0 Å². The van der Waals surface area contributed by atoms with Crippen LogP contribution in [0.15, 0.2) is 42.5 Å². The maximum absolute atomic E-state index is 13.7. The van der Waals surface area contributed by atoms with Gasteiger partial charge in [-0.25, -0.2) is 21.9 Å². The summed E-state index contributed by atoms with van der Waals surface area (Å²) < 4.78 is 53.2. The number of nitrogens with one attached hydrogen (secondary N) is 1. The highest BCUT2D eigenvalue weighted by Gasteiger charge is 2.19. The van der Waals surface area contributed by atoms with Crippen LogP contribution in [0.1, 0.15) is 24.1 Å². The summed E-state index contributed by atoms with van der Waals surface area (Å²) >= 11 is 0. The zero-order chi connectivity index (χ0) is 17.9. The smallest absolute Gasteiger partial charge is 0.258 e. The molecule has 2 aromatic rings. The van der Waals surface area contributed by atoms with E-state index in [0.29, 0.717) is 11.6 Å². The van der Waals surface area contributed by atoms with Gasteiger partial charge in [-0.3, -0.25) is 10.1 Å². The molecule has 0 amide bonds. The van der Waals surface area contributed by atoms with E-state index < -0.39 is 38.4 Å². The quantitative estimate of drug-likeness (QED) is 0.636. The van der Waals surface area contributed by atoms with E-state index >= 15 is 0 Å². The molecule has 9 heteroatoms. The van der Waals surface area contributed by atoms with Gasteiger partial charge in [-0.2, -0.15) is 0 Å². The molecule has 24 heavy (non-hydrogen) atoms. The van der Waals surface area contributed by atoms with E-state index in [1.54, 1.807) is 0 Å². The first-order valence-corrected chi connectivity index (χ1v) is 8.51. The van der Waals surface area contributed by atoms with Crippen molar-refractivity contribution in [2.45, 2.75) is 18.7 Å². The van der Waals surface area contributed by atoms with E-state index in [1.807, 2.05) is 0 Å². The van der Waals surface area contributed by atoms with Crippen LogP contribution in [0.5, 0.6) is 0 Å². The lowest BCUT2D eigenvalue weighted by Crippen LogP contribution is -2.28. The Morgan fingerprint density at radius 2 is 1.79 bits per heavy atom. The number of nitro groups is 1. The molecule has 0 unspecified atom stereocenters. The highest BCUT2D eigenvalue weighted by Crippen LogP contribution is 2.20. The van der Waals surface area contributed by atoms with Gasteiger partial charge >= 0.3 is 0 Å². The van der Waals surface area contributed by atoms with Gasteiger partial charge in [0.25, 0.3) is 5.69 Å². The lowest BCUT2D eigenvalue weighted by molar-refractivity contribution is -0.384. The predicted molar refractivity (Wildman–Crippen MR) is 83.6 cm³/mol. The van der Waals surface area contributed by atoms with Crippen LogP contribution in [0.4, 0.5) is 14.5 Å². The highest BCUT2D eigenvalue weighted by molar-refractivity contribution is 7.88. The van der Waals surface area contributed by atoms with Gasteiger partial charge in [0, 0.05) is 29.8 Å². The largest absolute Gasteiger partial charge is 0.269 e. The van der Waals surface area contributed by atoms with Gasteiger partial charge in [0.2, 0.25) is 10.0 Å². The summed E-state index contributed by atoms with van der Waals surface area (Å²) in [6, 6.07) is 7.07. The normalized spacial score (nSPS) is 12.8. The minimum Gasteiger partial charge on any atom is -0.258 e. The number of sulfonamides is 1. The molecular weight excluding hydrogens is 342 g/mol. The second-order valence-electron chi connectivity index (χ2n) is 5.19. The average molecular weight is 356 g/mol. The molecule has 0 aliphatic heterocycles. The lowest BCUT2D eigenvalue weighted by atomic mass is 10.1. The molecule has 0 aliphatic rings. The first-order valence-electron chi connectivity index (χ1n) is 6.86. The van der Waals surface area contributed by atoms with Crippen molar-refractivity contribution in [1.29, 1.82) is 0 Å². The Labute approximate surface area is 137 Å². The maximum atomic E-state index is 13.7. The van der Waals surface area contributed by atoms with Crippen molar-refractivity contribution in [3.05, 3.63) is 75.3 Å². The zero-order valence-corrected chi connectivity index (χ0v) is 13.4. The second-order valence-corrected chi connectivity index (χ2v) is 6.94. The summed E-state index contributed by atoms with van der Waals surface area (Å²) in [4.78, 5) is 9.98. The van der Waals surface area contributed by atoms with Gasteiger partial charge in [0.15, 0.2) is 0 Å². The third-order valence-corrected chi connectivity index (χ3v) is 4.72. The SMILES string of the molecule is C[C@@H](NS(=O)(=O)Cc1ccc([N+](=O)[O-])cc1)c1ccc(F)cc1F. The molecule has 0 aromatic heterocycles. The van der Waals surface area contributed by atoms with Crippen LogP contribution in [0.25, 0.3) is 0 Å². The number of benzene rings is 2. The Morgan fingerprint density at radius 1 is 1.17 bits per heavy atom. The van der Waals surface area contributed by atoms with Crippen molar-refractivity contribution < 1.29 is 22.1 Å². The predicted octanol–water partition coefficient (Wildman–Crippen LogP) is 3.05. The summed E-state index contributed by atoms with van der Waals surface area (Å²) in [7, 11) is -3.82. The molecule has 0 spiro atoms. The van der Waals surface area contributed by atoms with Crippen LogP contribution in [0, 0.1) is 21.7 Å². The van der Waals surface area contributed by atoms with Crippen molar-refractivity contribution in [2.75, 3.05) is 0 Å². The number of rotatable bonds is 6. The van der Waals surface area contributed by atoms with Crippen LogP contribution in [-0.4, -0.2) is 13.3 Å². The maximum Gasteiger partial charge on any atom is 0.269 e. The summed E-state index contributed by atoms with van der Waals surface area (Å²) in [6.07, 6.45) is 0. The van der Waals surface area contributed by atoms with Gasteiger partial charge in [-0.15, -0.1) is 0 Å². The van der Waals surface area contributed by atoms with Gasteiger partial charge in [-0.05, 0) is 18.6 Å². The molecule has 0 fully saturated rings. The van der Waals surface area contributed by atoms with Crippen molar-refractivity contribution in [2.24, 2.45) is 0 Å². The number of halogens is 2. The number of hydrogen-bond acceptors (Lipinski definition) is 4. The topological polar surface area (TPSA) is 89.3 Å². The van der Waals surface area contributed by atoms with E-state index in [1.165, 1.54) is 37.3 Å². The van der Waals surface area contributed by atoms with E-state index in [9.17, 15) is 27.3 Å². The van der Waals surface area contributed by atoms with E-state index in [2.05, 4.69) is 4.72 Å². The molecule has 1 N–H and O–H groups in total. The lowest BCUT2D eigenvalue weighted by Gasteiger charge is -2.15. The molecule has 2 rings (SSSR count). The third-order valence-electron chi connectivity index (χ3n) is 3.29. The molecule has 1 atom stereocenters. The third kappa shape index (κ3) is 4.56. The van der Waals surface area contributed by atoms with E-state index in [0.717, 1.165) is 6.07 Å². The monoisotopic (exact) mass is 356 g/mol. The molecule has 128 valence electrons. The summed E-state index contributed by atoms with van der Waals surface area (Å²) in [5.74, 6) is -2.02. The molecule has 0 radical (unpaired) electrons. The Balaban J connectivity index is 2.11. The van der Waals surface area contributed by atoms with Gasteiger partial charge in [-0.1, -0.05) is 18.2 Å². The summed E-state index contributed by atoms with van der Waals surface area (Å²) in [6.45, 7) is 1.43. The molecule has 2 aromatic carbocycles. The second kappa shape index (κ2) is 7.02. The fourth-order valence-corrected chi connectivity index (χ4v) is 3.54. The Hall–Kier alpha value is -2.39. The Bertz CT molecular complexity index is 854. The molecule has 0 heterocycles. The summed E-state index contributed by atoms with van der Waals surface area (Å²) in [5.41, 5.74) is 0.217. The first kappa shape index (κ1) is 18.0. The average Bonchev–Trinajstić information content (AvgIpc) is 2.46. The van der Waals surface area contributed by atoms with Crippen molar-refractivity contribution in [3.8, 4) is 0 Å². The number of non-ortho nitro benzene ring substituents is 1. The van der Waals surface area contributed by atoms with Crippen molar-refractivity contribution in [1.82, 2.24) is 4.72 Å². The van der Waals surface area contributed by atoms with E-state index in [4.69, 9.17) is 0 Å². The minimum absolute atomic E-state index is 0.0173. The van der Waals surface area contributed by atoms with Crippen LogP contribution >= 0.6 is 0 Å². The molecule has 6 nitrogen and oxygen atoms in total. The fraction of sp³-hybridized carbons (Fsp3) is 0.200. The molecule has 0 aliphatic carbocycles. The van der Waals surface area contributed by atoms with Crippen molar-refractivity contribution in [3.63, 3.8) is 0 Å². The van der Waals surface area contributed by atoms with Crippen LogP contribution < -0.4 is 4.72 Å². The number of nitro benzene ring substituents is 1. The number of hydrogen-bond donors (Lipinski definition) is 1. The van der Waals surface area contributed by atoms with Crippen molar-refractivity contribution >= 4 is 15.7 Å². The standard InChI is InChI=1S/C15H14F2N2O4S/c1-10(14-7-4-12(16)8-15(14)17)18-24(22,23)9-11-2-5-13(6-3-11)19(20)21/h2-8,10,18H,9H2,1H3/t10-/m1/s1. The number of nitrogens with zero attached hydrogens (tertiary/aromatic N) is 1. The van der Waals surface area contributed by atoms with Crippen LogP contribution in [-0.2, 0) is 15.8 Å². The molecular formula is C15H14F2N2O4S. The van der Waals surface area contributed by atoms with E-state index in [-0.39, 0.29) is 11.3 Å². The zero-order valence-electron chi connectivity index (χ0n) is 12.6. The summed E-state index contributed by atoms with van der Waals surface area (Å²) in [5, 5.41) is 10.6. The van der Waals surface area contributed by atoms with Crippen LogP contribution in [0.2, 0.25) is 0 Å². The molecule has 0 saturated heterocycles. The highest BCUT2D eigenvalue weighted by atomic mass is 32.2. The first-order chi connectivity index (χ1) is 11.2. The van der Waals surface area contributed by atoms with Gasteiger partial charge < -0.3 is 0 Å². The molecule has 0 saturated carbocycles. The van der Waals surface area contributed by atoms with Gasteiger partial charge in [0.05, 0.1) is 10.7 Å². The minimum atomic E-state index is -3.82. The fourth-order valence-electron chi connectivity index (χ4n) is 2.16. The van der Waals surface area contributed by atoms with Gasteiger partial charge in [0.1, 0.15) is 11.6 Å². The molecule has 0 bridgehead atoms. The Kier molecular flexibility index (Phi) is 5.25.